The lowest BCUT2D eigenvalue weighted by Crippen LogP contribution is -2.15. The van der Waals surface area contributed by atoms with Gasteiger partial charge in [-0.15, -0.1) is 0 Å². The van der Waals surface area contributed by atoms with Crippen LogP contribution in [0.1, 0.15) is 53.6 Å². The highest BCUT2D eigenvalue weighted by molar-refractivity contribution is 5.85. The van der Waals surface area contributed by atoms with Crippen LogP contribution in [0.15, 0.2) is 24.3 Å². The molecule has 0 radical (unpaired) electrons. The number of carbonyl (C=O) groups is 1. The van der Waals surface area contributed by atoms with Crippen LogP contribution in [0, 0.1) is 13.8 Å². The summed E-state index contributed by atoms with van der Waals surface area (Å²) in [6, 6.07) is 7.76. The maximum atomic E-state index is 11.5. The van der Waals surface area contributed by atoms with Crippen molar-refractivity contribution in [1.82, 2.24) is 9.78 Å². The molecule has 1 heterocycles. The van der Waals surface area contributed by atoms with Gasteiger partial charge in [0.1, 0.15) is 5.69 Å². The van der Waals surface area contributed by atoms with Gasteiger partial charge in [0.15, 0.2) is 0 Å². The van der Waals surface area contributed by atoms with Gasteiger partial charge in [-0.2, -0.15) is 5.10 Å². The molecule has 4 heteroatoms. The highest BCUT2D eigenvalue weighted by atomic mass is 16.4. The summed E-state index contributed by atoms with van der Waals surface area (Å²) in [5.41, 5.74) is 4.30. The maximum Gasteiger partial charge on any atom is 0.354 e. The molecule has 2 rings (SSSR count). The van der Waals surface area contributed by atoms with Crippen LogP contribution in [-0.2, 0) is 12.0 Å². The molecule has 1 aromatic carbocycles. The lowest BCUT2D eigenvalue weighted by molar-refractivity contribution is 0.0684. The molecule has 0 amide bonds. The fourth-order valence-corrected chi connectivity index (χ4v) is 2.32. The van der Waals surface area contributed by atoms with Gasteiger partial charge in [-0.05, 0) is 36.6 Å². The van der Waals surface area contributed by atoms with Gasteiger partial charge in [0.25, 0.3) is 0 Å². The molecule has 0 aliphatic carbocycles. The maximum absolute atomic E-state index is 11.5. The number of aromatic carboxylic acids is 1. The van der Waals surface area contributed by atoms with Gasteiger partial charge in [0.05, 0.1) is 12.2 Å². The summed E-state index contributed by atoms with van der Waals surface area (Å²) < 4.78 is 1.60. The molecule has 21 heavy (non-hydrogen) atoms. The molecular formula is C17H22N2O2. The number of benzene rings is 1. The summed E-state index contributed by atoms with van der Waals surface area (Å²) in [5, 5.41) is 13.9. The molecule has 0 saturated carbocycles. The van der Waals surface area contributed by atoms with E-state index in [-0.39, 0.29) is 11.1 Å². The van der Waals surface area contributed by atoms with Crippen molar-refractivity contribution in [3.05, 3.63) is 52.3 Å². The SMILES string of the molecule is Cc1cccc(C)c1Cn1nc(C(C)(C)C)cc1C(=O)O. The monoisotopic (exact) mass is 286 g/mol. The van der Waals surface area contributed by atoms with Crippen molar-refractivity contribution in [3.8, 4) is 0 Å². The van der Waals surface area contributed by atoms with Gasteiger partial charge in [0.2, 0.25) is 0 Å². The number of hydrogen-bond donors (Lipinski definition) is 1. The second kappa shape index (κ2) is 5.35. The van der Waals surface area contributed by atoms with Crippen LogP contribution < -0.4 is 0 Å². The average Bonchev–Trinajstić information content (AvgIpc) is 2.78. The minimum atomic E-state index is -0.941. The molecule has 0 bridgehead atoms. The molecule has 0 unspecified atom stereocenters. The van der Waals surface area contributed by atoms with Gasteiger partial charge < -0.3 is 5.11 Å². The second-order valence-corrected chi connectivity index (χ2v) is 6.50. The number of carboxylic acids is 1. The number of rotatable bonds is 3. The quantitative estimate of drug-likeness (QED) is 0.939. The van der Waals surface area contributed by atoms with Gasteiger partial charge in [0, 0.05) is 5.41 Å². The molecule has 112 valence electrons. The fraction of sp³-hybridized carbons (Fsp3) is 0.412. The van der Waals surface area contributed by atoms with Gasteiger partial charge in [-0.25, -0.2) is 4.79 Å². The van der Waals surface area contributed by atoms with Crippen molar-refractivity contribution in [2.24, 2.45) is 0 Å². The molecule has 4 nitrogen and oxygen atoms in total. The van der Waals surface area contributed by atoms with Crippen LogP contribution in [-0.4, -0.2) is 20.9 Å². The lowest BCUT2D eigenvalue weighted by atomic mass is 9.92. The summed E-state index contributed by atoms with van der Waals surface area (Å²) >= 11 is 0. The van der Waals surface area contributed by atoms with Crippen LogP contribution in [0.4, 0.5) is 0 Å². The molecule has 0 aliphatic heterocycles. The Kier molecular flexibility index (Phi) is 3.90. The average molecular weight is 286 g/mol. The largest absolute Gasteiger partial charge is 0.477 e. The van der Waals surface area contributed by atoms with Crippen LogP contribution in [0.25, 0.3) is 0 Å². The first kappa shape index (κ1) is 15.3. The third-order valence-electron chi connectivity index (χ3n) is 3.72. The molecule has 1 aromatic heterocycles. The number of nitrogens with zero attached hydrogens (tertiary/aromatic N) is 2. The fourth-order valence-electron chi connectivity index (χ4n) is 2.32. The second-order valence-electron chi connectivity index (χ2n) is 6.50. The van der Waals surface area contributed by atoms with Crippen LogP contribution >= 0.6 is 0 Å². The third-order valence-corrected chi connectivity index (χ3v) is 3.72. The van der Waals surface area contributed by atoms with E-state index < -0.39 is 5.97 Å². The zero-order chi connectivity index (χ0) is 15.8. The molecule has 0 atom stereocenters. The van der Waals surface area contributed by atoms with E-state index >= 15 is 0 Å². The topological polar surface area (TPSA) is 55.1 Å². The smallest absolute Gasteiger partial charge is 0.354 e. The van der Waals surface area contributed by atoms with E-state index in [1.54, 1.807) is 10.7 Å². The van der Waals surface area contributed by atoms with E-state index in [4.69, 9.17) is 0 Å². The Bertz CT molecular complexity index is 658. The summed E-state index contributed by atoms with van der Waals surface area (Å²) in [4.78, 5) is 11.5. The van der Waals surface area contributed by atoms with Crippen LogP contribution in [0.5, 0.6) is 0 Å². The summed E-state index contributed by atoms with van der Waals surface area (Å²) in [7, 11) is 0. The van der Waals surface area contributed by atoms with Crippen LogP contribution in [0.3, 0.4) is 0 Å². The number of hydrogen-bond acceptors (Lipinski definition) is 2. The Balaban J connectivity index is 2.49. The van der Waals surface area contributed by atoms with Crippen molar-refractivity contribution in [3.63, 3.8) is 0 Å². The van der Waals surface area contributed by atoms with E-state index in [2.05, 4.69) is 5.10 Å². The number of carboxylic acid groups (broad SMARTS) is 1. The molecule has 1 N–H and O–H groups in total. The van der Waals surface area contributed by atoms with E-state index in [0.29, 0.717) is 6.54 Å². The highest BCUT2D eigenvalue weighted by Gasteiger charge is 2.23. The van der Waals surface area contributed by atoms with Crippen LogP contribution in [0.2, 0.25) is 0 Å². The summed E-state index contributed by atoms with van der Waals surface area (Å²) in [5.74, 6) is -0.941. The third kappa shape index (κ3) is 3.15. The van der Waals surface area contributed by atoms with Crippen molar-refractivity contribution < 1.29 is 9.90 Å². The summed E-state index contributed by atoms with van der Waals surface area (Å²) in [6.45, 7) is 10.7. The van der Waals surface area contributed by atoms with E-state index in [1.165, 1.54) is 0 Å². The Morgan fingerprint density at radius 3 is 2.29 bits per heavy atom. The predicted octanol–water partition coefficient (Wildman–Crippen LogP) is 3.54. The van der Waals surface area contributed by atoms with Crippen molar-refractivity contribution in [2.45, 2.75) is 46.6 Å². The molecule has 0 saturated heterocycles. The predicted molar refractivity (Wildman–Crippen MR) is 82.9 cm³/mol. The minimum Gasteiger partial charge on any atom is -0.477 e. The van der Waals surface area contributed by atoms with E-state index in [1.807, 2.05) is 52.8 Å². The van der Waals surface area contributed by atoms with Crippen molar-refractivity contribution in [1.29, 1.82) is 0 Å². The Hall–Kier alpha value is -2.10. The molecule has 0 spiro atoms. The first-order chi connectivity index (χ1) is 9.70. The normalized spacial score (nSPS) is 11.7. The van der Waals surface area contributed by atoms with Gasteiger partial charge in [-0.1, -0.05) is 39.0 Å². The number of aromatic nitrogens is 2. The van der Waals surface area contributed by atoms with Gasteiger partial charge in [-0.3, -0.25) is 4.68 Å². The minimum absolute atomic E-state index is 0.170. The molecular weight excluding hydrogens is 264 g/mol. The Morgan fingerprint density at radius 2 is 1.81 bits per heavy atom. The molecule has 0 fully saturated rings. The molecule has 2 aromatic rings. The standard InChI is InChI=1S/C17H22N2O2/c1-11-7-6-8-12(2)13(11)10-19-14(16(20)21)9-15(18-19)17(3,4)5/h6-9H,10H2,1-5H3,(H,20,21). The highest BCUT2D eigenvalue weighted by Crippen LogP contribution is 2.23. The van der Waals surface area contributed by atoms with Crippen molar-refractivity contribution >= 4 is 5.97 Å². The van der Waals surface area contributed by atoms with E-state index in [9.17, 15) is 9.90 Å². The first-order valence-electron chi connectivity index (χ1n) is 7.07. The Morgan fingerprint density at radius 1 is 1.24 bits per heavy atom. The Labute approximate surface area is 125 Å². The summed E-state index contributed by atoms with van der Waals surface area (Å²) in [6.07, 6.45) is 0. The zero-order valence-corrected chi connectivity index (χ0v) is 13.3. The lowest BCUT2D eigenvalue weighted by Gasteiger charge is -2.14. The van der Waals surface area contributed by atoms with E-state index in [0.717, 1.165) is 22.4 Å². The first-order valence-corrected chi connectivity index (χ1v) is 7.07. The van der Waals surface area contributed by atoms with Crippen molar-refractivity contribution in [2.75, 3.05) is 0 Å². The zero-order valence-electron chi connectivity index (χ0n) is 13.3. The number of aryl methyl sites for hydroxylation is 2. The molecule has 0 aliphatic rings. The van der Waals surface area contributed by atoms with Gasteiger partial charge >= 0.3 is 5.97 Å².